The minimum atomic E-state index is -0.208. The quantitative estimate of drug-likeness (QED) is 0.530. The van der Waals surface area contributed by atoms with E-state index in [-0.39, 0.29) is 5.91 Å². The summed E-state index contributed by atoms with van der Waals surface area (Å²) in [7, 11) is 0. The Hall–Kier alpha value is -1.28. The topological polar surface area (TPSA) is 43.6 Å². The molecule has 0 aliphatic carbocycles. The second-order valence-corrected chi connectivity index (χ2v) is 9.13. The highest BCUT2D eigenvalue weighted by Gasteiger charge is 2.12. The van der Waals surface area contributed by atoms with Gasteiger partial charge in [-0.25, -0.2) is 0 Å². The van der Waals surface area contributed by atoms with E-state index in [9.17, 15) is 4.79 Å². The van der Waals surface area contributed by atoms with Gasteiger partial charge in [-0.1, -0.05) is 11.3 Å². The van der Waals surface area contributed by atoms with E-state index in [0.29, 0.717) is 29.4 Å². The molecule has 4 nitrogen and oxygen atoms in total. The van der Waals surface area contributed by atoms with Crippen molar-refractivity contribution in [2.45, 2.75) is 27.3 Å². The summed E-state index contributed by atoms with van der Waals surface area (Å²) in [6.07, 6.45) is 0. The average molecular weight is 439 g/mol. The first kappa shape index (κ1) is 18.5. The number of thiophene rings is 1. The smallest absolute Gasteiger partial charge is 0.289 e. The summed E-state index contributed by atoms with van der Waals surface area (Å²) in [5.74, 6) is -0.208. The number of fused-ring (bicyclic) bond motifs is 1. The van der Waals surface area contributed by atoms with Crippen molar-refractivity contribution in [1.29, 1.82) is 0 Å². The lowest BCUT2D eigenvalue weighted by molar-refractivity contribution is 0.100. The summed E-state index contributed by atoms with van der Waals surface area (Å²) in [5, 5.41) is 0. The van der Waals surface area contributed by atoms with E-state index in [1.54, 1.807) is 17.4 Å². The van der Waals surface area contributed by atoms with Crippen molar-refractivity contribution in [2.75, 3.05) is 13.2 Å². The van der Waals surface area contributed by atoms with Gasteiger partial charge < -0.3 is 9.30 Å². The minimum Gasteiger partial charge on any atom is -0.380 e. The monoisotopic (exact) mass is 438 g/mol. The maximum absolute atomic E-state index is 12.5. The molecular weight excluding hydrogens is 420 g/mol. The number of carbonyl (C=O) groups excluding carboxylic acids is 1. The fourth-order valence-corrected chi connectivity index (χ4v) is 4.90. The van der Waals surface area contributed by atoms with Gasteiger partial charge in [0.25, 0.3) is 5.91 Å². The SMILES string of the molecule is CCOCCn1c(=NC(=O)c2ccc(Br)s2)sc2cc(C)c(C)cc21. The van der Waals surface area contributed by atoms with Gasteiger partial charge in [0, 0.05) is 13.2 Å². The van der Waals surface area contributed by atoms with Crippen LogP contribution in [0, 0.1) is 13.8 Å². The van der Waals surface area contributed by atoms with Crippen molar-refractivity contribution in [3.63, 3.8) is 0 Å². The fourth-order valence-electron chi connectivity index (χ4n) is 2.49. The molecule has 0 saturated carbocycles. The predicted molar refractivity (Wildman–Crippen MR) is 108 cm³/mol. The normalized spacial score (nSPS) is 12.2. The standard InChI is InChI=1S/C18H19BrN2O2S2/c1-4-23-8-7-21-13-9-11(2)12(3)10-15(13)25-18(21)20-17(22)14-5-6-16(19)24-14/h5-6,9-10H,4,7-8H2,1-3H3. The summed E-state index contributed by atoms with van der Waals surface area (Å²) in [4.78, 5) is 18.2. The molecule has 0 N–H and O–H groups in total. The van der Waals surface area contributed by atoms with Gasteiger partial charge in [-0.15, -0.1) is 11.3 Å². The molecule has 25 heavy (non-hydrogen) atoms. The molecular formula is C18H19BrN2O2S2. The Labute approximate surface area is 162 Å². The van der Waals surface area contributed by atoms with Gasteiger partial charge in [-0.05, 0) is 72.1 Å². The Morgan fingerprint density at radius 2 is 2.00 bits per heavy atom. The van der Waals surface area contributed by atoms with Crippen LogP contribution in [0.2, 0.25) is 0 Å². The van der Waals surface area contributed by atoms with Gasteiger partial charge in [0.15, 0.2) is 4.80 Å². The maximum atomic E-state index is 12.5. The molecule has 1 amide bonds. The number of hydrogen-bond donors (Lipinski definition) is 0. The molecule has 0 aliphatic heterocycles. The highest BCUT2D eigenvalue weighted by Crippen LogP contribution is 2.24. The first-order valence-corrected chi connectivity index (χ1v) is 10.4. The number of benzene rings is 1. The van der Waals surface area contributed by atoms with E-state index >= 15 is 0 Å². The summed E-state index contributed by atoms with van der Waals surface area (Å²) in [6, 6.07) is 8.00. The van der Waals surface area contributed by atoms with Gasteiger partial charge in [-0.3, -0.25) is 4.79 Å². The number of aryl methyl sites for hydroxylation is 2. The number of rotatable bonds is 5. The Morgan fingerprint density at radius 1 is 1.24 bits per heavy atom. The fraction of sp³-hybridized carbons (Fsp3) is 0.333. The summed E-state index contributed by atoms with van der Waals surface area (Å²) in [6.45, 7) is 8.13. The van der Waals surface area contributed by atoms with Crippen LogP contribution in [0.25, 0.3) is 10.2 Å². The third-order valence-corrected chi connectivity index (χ3v) is 6.60. The average Bonchev–Trinajstić information content (AvgIpc) is 3.13. The first-order chi connectivity index (χ1) is 12.0. The van der Waals surface area contributed by atoms with Crippen molar-refractivity contribution in [1.82, 2.24) is 4.57 Å². The van der Waals surface area contributed by atoms with Crippen molar-refractivity contribution < 1.29 is 9.53 Å². The first-order valence-electron chi connectivity index (χ1n) is 8.02. The second kappa shape index (κ2) is 7.95. The number of hydrogen-bond acceptors (Lipinski definition) is 4. The number of nitrogens with zero attached hydrogens (tertiary/aromatic N) is 2. The minimum absolute atomic E-state index is 0.208. The van der Waals surface area contributed by atoms with Crippen LogP contribution in [0.1, 0.15) is 27.7 Å². The van der Waals surface area contributed by atoms with Gasteiger partial charge in [0.05, 0.1) is 25.5 Å². The van der Waals surface area contributed by atoms with Crippen molar-refractivity contribution in [2.24, 2.45) is 4.99 Å². The number of thiazole rings is 1. The predicted octanol–water partition coefficient (Wildman–Crippen LogP) is 4.92. The van der Waals surface area contributed by atoms with E-state index in [4.69, 9.17) is 4.74 Å². The number of amides is 1. The van der Waals surface area contributed by atoms with Crippen molar-refractivity contribution >= 4 is 54.7 Å². The molecule has 0 atom stereocenters. The Bertz CT molecular complexity index is 985. The van der Waals surface area contributed by atoms with Crippen LogP contribution in [-0.4, -0.2) is 23.7 Å². The summed E-state index contributed by atoms with van der Waals surface area (Å²) >= 11 is 6.34. The van der Waals surface area contributed by atoms with Gasteiger partial charge in [0.2, 0.25) is 0 Å². The molecule has 7 heteroatoms. The van der Waals surface area contributed by atoms with Crippen LogP contribution in [0.3, 0.4) is 0 Å². The Balaban J connectivity index is 2.10. The van der Waals surface area contributed by atoms with Gasteiger partial charge in [0.1, 0.15) is 0 Å². The Kier molecular flexibility index (Phi) is 5.89. The third-order valence-electron chi connectivity index (χ3n) is 3.94. The molecule has 0 saturated heterocycles. The van der Waals surface area contributed by atoms with E-state index in [1.165, 1.54) is 22.5 Å². The number of aromatic nitrogens is 1. The highest BCUT2D eigenvalue weighted by molar-refractivity contribution is 9.11. The molecule has 0 radical (unpaired) electrons. The summed E-state index contributed by atoms with van der Waals surface area (Å²) in [5.41, 5.74) is 3.58. The van der Waals surface area contributed by atoms with E-state index in [0.717, 1.165) is 14.0 Å². The van der Waals surface area contributed by atoms with Crippen LogP contribution >= 0.6 is 38.6 Å². The van der Waals surface area contributed by atoms with Crippen LogP contribution in [0.5, 0.6) is 0 Å². The van der Waals surface area contributed by atoms with Crippen LogP contribution in [-0.2, 0) is 11.3 Å². The lowest BCUT2D eigenvalue weighted by Crippen LogP contribution is -2.19. The van der Waals surface area contributed by atoms with E-state index in [1.807, 2.05) is 13.0 Å². The van der Waals surface area contributed by atoms with Crippen LogP contribution in [0.15, 0.2) is 33.0 Å². The molecule has 3 rings (SSSR count). The summed E-state index contributed by atoms with van der Waals surface area (Å²) < 4.78 is 9.66. The highest BCUT2D eigenvalue weighted by atomic mass is 79.9. The molecule has 0 aliphatic rings. The lowest BCUT2D eigenvalue weighted by Gasteiger charge is -2.07. The molecule has 0 bridgehead atoms. The third kappa shape index (κ3) is 4.11. The van der Waals surface area contributed by atoms with Gasteiger partial charge in [-0.2, -0.15) is 4.99 Å². The molecule has 132 valence electrons. The molecule has 0 fully saturated rings. The zero-order valence-corrected chi connectivity index (χ0v) is 17.6. The van der Waals surface area contributed by atoms with Crippen molar-refractivity contribution in [3.05, 3.63) is 48.9 Å². The molecule has 1 aromatic carbocycles. The van der Waals surface area contributed by atoms with Crippen molar-refractivity contribution in [3.8, 4) is 0 Å². The zero-order chi connectivity index (χ0) is 18.0. The number of carbonyl (C=O) groups is 1. The Morgan fingerprint density at radius 3 is 2.68 bits per heavy atom. The van der Waals surface area contributed by atoms with Crippen LogP contribution < -0.4 is 4.80 Å². The maximum Gasteiger partial charge on any atom is 0.289 e. The van der Waals surface area contributed by atoms with E-state index in [2.05, 4.69) is 51.5 Å². The zero-order valence-electron chi connectivity index (χ0n) is 14.3. The number of ether oxygens (including phenoxy) is 1. The largest absolute Gasteiger partial charge is 0.380 e. The van der Waals surface area contributed by atoms with Gasteiger partial charge >= 0.3 is 0 Å². The molecule has 2 aromatic heterocycles. The van der Waals surface area contributed by atoms with E-state index < -0.39 is 0 Å². The number of halogens is 1. The van der Waals surface area contributed by atoms with Crippen LogP contribution in [0.4, 0.5) is 0 Å². The molecule has 0 spiro atoms. The second-order valence-electron chi connectivity index (χ2n) is 5.66. The molecule has 3 aromatic rings. The molecule has 2 heterocycles. The molecule has 0 unspecified atom stereocenters. The lowest BCUT2D eigenvalue weighted by atomic mass is 10.1.